The summed E-state index contributed by atoms with van der Waals surface area (Å²) in [5.74, 6) is 1.98. The minimum Gasteiger partial charge on any atom is -0.481 e. The molecule has 1 unspecified atom stereocenters. The van der Waals surface area contributed by atoms with Gasteiger partial charge in [0.25, 0.3) is 0 Å². The number of pyridine rings is 1. The molecule has 4 heterocycles. The zero-order valence-electron chi connectivity index (χ0n) is 15.9. The lowest BCUT2D eigenvalue weighted by molar-refractivity contribution is 0.399. The van der Waals surface area contributed by atoms with Gasteiger partial charge in [-0.25, -0.2) is 19.9 Å². The van der Waals surface area contributed by atoms with Crippen molar-refractivity contribution in [3.8, 4) is 11.6 Å². The second-order valence-electron chi connectivity index (χ2n) is 6.53. The van der Waals surface area contributed by atoms with Gasteiger partial charge < -0.3 is 15.0 Å². The standard InChI is InChI=1S/C20H18N8O/c1-12(25-18-16-17(22-10-21-16)23-11-24-18)19-26-14-8-9-15(29-2)27-20(14)28(19)13-6-4-3-5-7-13/h3-12H,1-2H3,(H2,21,22,23,24,25). The molecule has 2 N–H and O–H groups in total. The Bertz CT molecular complexity index is 1290. The molecule has 9 nitrogen and oxygen atoms in total. The summed E-state index contributed by atoms with van der Waals surface area (Å²) < 4.78 is 7.35. The Labute approximate surface area is 165 Å². The summed E-state index contributed by atoms with van der Waals surface area (Å²) in [6.45, 7) is 2.03. The molecule has 144 valence electrons. The molecule has 0 spiro atoms. The predicted octanol–water partition coefficient (Wildman–Crippen LogP) is 3.27. The summed E-state index contributed by atoms with van der Waals surface area (Å²) in [5.41, 5.74) is 3.84. The van der Waals surface area contributed by atoms with Gasteiger partial charge in [0.1, 0.15) is 23.2 Å². The predicted molar refractivity (Wildman–Crippen MR) is 109 cm³/mol. The maximum absolute atomic E-state index is 5.32. The van der Waals surface area contributed by atoms with E-state index in [2.05, 4.69) is 30.2 Å². The van der Waals surface area contributed by atoms with Crippen molar-refractivity contribution in [3.05, 3.63) is 60.9 Å². The van der Waals surface area contributed by atoms with Crippen LogP contribution in [-0.4, -0.2) is 41.6 Å². The summed E-state index contributed by atoms with van der Waals surface area (Å²) in [7, 11) is 1.60. The van der Waals surface area contributed by atoms with E-state index in [4.69, 9.17) is 9.72 Å². The van der Waals surface area contributed by atoms with E-state index >= 15 is 0 Å². The number of imidazole rings is 2. The molecule has 0 saturated carbocycles. The molecule has 0 amide bonds. The van der Waals surface area contributed by atoms with Crippen LogP contribution in [0.5, 0.6) is 5.88 Å². The number of fused-ring (bicyclic) bond motifs is 2. The van der Waals surface area contributed by atoms with E-state index in [1.807, 2.05) is 54.0 Å². The number of methoxy groups -OCH3 is 1. The van der Waals surface area contributed by atoms with Gasteiger partial charge in [-0.2, -0.15) is 4.98 Å². The van der Waals surface area contributed by atoms with Crippen molar-refractivity contribution < 1.29 is 4.74 Å². The van der Waals surface area contributed by atoms with Crippen molar-refractivity contribution in [2.24, 2.45) is 0 Å². The molecular weight excluding hydrogens is 368 g/mol. The minimum atomic E-state index is -0.176. The van der Waals surface area contributed by atoms with Crippen LogP contribution in [0, 0.1) is 0 Å². The summed E-state index contributed by atoms with van der Waals surface area (Å²) >= 11 is 0. The van der Waals surface area contributed by atoms with Crippen molar-refractivity contribution in [2.45, 2.75) is 13.0 Å². The summed E-state index contributed by atoms with van der Waals surface area (Å²) in [5, 5.41) is 3.41. The molecule has 9 heteroatoms. The fraction of sp³-hybridized carbons (Fsp3) is 0.150. The highest BCUT2D eigenvalue weighted by Gasteiger charge is 2.21. The number of benzene rings is 1. The van der Waals surface area contributed by atoms with Crippen LogP contribution in [0.1, 0.15) is 18.8 Å². The molecule has 29 heavy (non-hydrogen) atoms. The van der Waals surface area contributed by atoms with Crippen LogP contribution in [0.25, 0.3) is 28.0 Å². The Morgan fingerprint density at radius 2 is 1.90 bits per heavy atom. The third-order valence-electron chi connectivity index (χ3n) is 4.69. The van der Waals surface area contributed by atoms with Gasteiger partial charge in [-0.15, -0.1) is 0 Å². The lowest BCUT2D eigenvalue weighted by atomic mass is 10.2. The van der Waals surface area contributed by atoms with Crippen molar-refractivity contribution in [1.29, 1.82) is 0 Å². The molecule has 4 aromatic heterocycles. The number of hydrogen-bond acceptors (Lipinski definition) is 7. The largest absolute Gasteiger partial charge is 0.481 e. The van der Waals surface area contributed by atoms with E-state index in [1.165, 1.54) is 6.33 Å². The average Bonchev–Trinajstić information content (AvgIpc) is 3.39. The highest BCUT2D eigenvalue weighted by molar-refractivity contribution is 5.82. The first-order chi connectivity index (χ1) is 14.2. The molecule has 0 aliphatic rings. The molecule has 0 aliphatic heterocycles. The zero-order chi connectivity index (χ0) is 19.8. The number of aromatic nitrogens is 7. The number of rotatable bonds is 5. The molecule has 5 aromatic rings. The molecule has 1 aromatic carbocycles. The fourth-order valence-corrected chi connectivity index (χ4v) is 3.33. The van der Waals surface area contributed by atoms with E-state index in [0.29, 0.717) is 22.9 Å². The molecule has 0 aliphatic carbocycles. The second-order valence-corrected chi connectivity index (χ2v) is 6.53. The summed E-state index contributed by atoms with van der Waals surface area (Å²) in [6, 6.07) is 13.5. The lowest BCUT2D eigenvalue weighted by Gasteiger charge is -2.16. The van der Waals surface area contributed by atoms with Crippen LogP contribution < -0.4 is 10.1 Å². The number of anilines is 1. The highest BCUT2D eigenvalue weighted by Crippen LogP contribution is 2.28. The average molecular weight is 386 g/mol. The Morgan fingerprint density at radius 1 is 1.03 bits per heavy atom. The molecule has 0 radical (unpaired) electrons. The minimum absolute atomic E-state index is 0.176. The quantitative estimate of drug-likeness (QED) is 0.477. The second kappa shape index (κ2) is 6.86. The van der Waals surface area contributed by atoms with Gasteiger partial charge >= 0.3 is 0 Å². The van der Waals surface area contributed by atoms with Gasteiger partial charge in [0, 0.05) is 11.8 Å². The molecule has 1 atom stereocenters. The van der Waals surface area contributed by atoms with Crippen LogP contribution in [0.4, 0.5) is 5.82 Å². The third kappa shape index (κ3) is 2.92. The first-order valence-electron chi connectivity index (χ1n) is 9.14. The molecular formula is C20H18N8O. The van der Waals surface area contributed by atoms with Gasteiger partial charge in [0.2, 0.25) is 5.88 Å². The SMILES string of the molecule is COc1ccc2nc(C(C)Nc3ncnc4[nH]cnc34)n(-c3ccccc3)c2n1. The molecule has 0 bridgehead atoms. The van der Waals surface area contributed by atoms with Crippen LogP contribution in [0.3, 0.4) is 0 Å². The first kappa shape index (κ1) is 17.1. The number of para-hydroxylation sites is 1. The maximum Gasteiger partial charge on any atom is 0.215 e. The third-order valence-corrected chi connectivity index (χ3v) is 4.69. The number of nitrogens with zero attached hydrogens (tertiary/aromatic N) is 6. The van der Waals surface area contributed by atoms with Crippen molar-refractivity contribution >= 4 is 28.1 Å². The Morgan fingerprint density at radius 3 is 2.72 bits per heavy atom. The van der Waals surface area contributed by atoms with Gasteiger partial charge in [0.05, 0.1) is 19.5 Å². The zero-order valence-corrected chi connectivity index (χ0v) is 15.9. The van der Waals surface area contributed by atoms with Gasteiger partial charge in [0.15, 0.2) is 17.1 Å². The lowest BCUT2D eigenvalue weighted by Crippen LogP contribution is -2.14. The van der Waals surface area contributed by atoms with Crippen LogP contribution in [0.2, 0.25) is 0 Å². The number of aromatic amines is 1. The normalized spacial score (nSPS) is 12.3. The van der Waals surface area contributed by atoms with Crippen LogP contribution >= 0.6 is 0 Å². The van der Waals surface area contributed by atoms with E-state index in [1.54, 1.807) is 13.4 Å². The number of ether oxygens (including phenoxy) is 1. The van der Waals surface area contributed by atoms with E-state index in [-0.39, 0.29) is 6.04 Å². The van der Waals surface area contributed by atoms with Gasteiger partial charge in [-0.3, -0.25) is 4.57 Å². The molecule has 0 fully saturated rings. The van der Waals surface area contributed by atoms with E-state index in [9.17, 15) is 0 Å². The van der Waals surface area contributed by atoms with Gasteiger partial charge in [-0.1, -0.05) is 18.2 Å². The highest BCUT2D eigenvalue weighted by atomic mass is 16.5. The fourth-order valence-electron chi connectivity index (χ4n) is 3.33. The van der Waals surface area contributed by atoms with Crippen LogP contribution in [0.15, 0.2) is 55.1 Å². The smallest absolute Gasteiger partial charge is 0.215 e. The Kier molecular flexibility index (Phi) is 4.05. The van der Waals surface area contributed by atoms with E-state index < -0.39 is 0 Å². The number of nitrogens with one attached hydrogen (secondary N) is 2. The Balaban J connectivity index is 1.64. The van der Waals surface area contributed by atoms with Gasteiger partial charge in [-0.05, 0) is 25.1 Å². The molecule has 0 saturated heterocycles. The monoisotopic (exact) mass is 386 g/mol. The molecule has 5 rings (SSSR count). The van der Waals surface area contributed by atoms with Crippen molar-refractivity contribution in [3.63, 3.8) is 0 Å². The Hall–Kier alpha value is -4.01. The maximum atomic E-state index is 5.32. The summed E-state index contributed by atoms with van der Waals surface area (Å²) in [4.78, 5) is 25.3. The van der Waals surface area contributed by atoms with Crippen LogP contribution in [-0.2, 0) is 0 Å². The summed E-state index contributed by atoms with van der Waals surface area (Å²) in [6.07, 6.45) is 3.10. The number of hydrogen-bond donors (Lipinski definition) is 2. The number of H-pyrrole nitrogens is 1. The van der Waals surface area contributed by atoms with Crippen molar-refractivity contribution in [1.82, 2.24) is 34.5 Å². The van der Waals surface area contributed by atoms with Crippen molar-refractivity contribution in [2.75, 3.05) is 12.4 Å². The topological polar surface area (TPSA) is 106 Å². The van der Waals surface area contributed by atoms with E-state index in [0.717, 1.165) is 22.7 Å². The first-order valence-corrected chi connectivity index (χ1v) is 9.14.